The number of carbonyl (C=O) groups is 1. The molecule has 3 aromatic rings. The Kier molecular flexibility index (Phi) is 3.60. The second kappa shape index (κ2) is 5.57. The number of thiazole rings is 1. The van der Waals surface area contributed by atoms with E-state index in [1.165, 1.54) is 16.0 Å². The van der Waals surface area contributed by atoms with E-state index in [1.54, 1.807) is 19.2 Å². The van der Waals surface area contributed by atoms with Crippen molar-refractivity contribution in [3.63, 3.8) is 0 Å². The van der Waals surface area contributed by atoms with E-state index in [9.17, 15) is 14.7 Å². The molecule has 0 fully saturated rings. The normalized spacial score (nSPS) is 11.4. The lowest BCUT2D eigenvalue weighted by atomic mass is 10.1. The SMILES string of the molecule is Cc1c[s+](C(=O)[O-])c(-n2ccc(-c3ccccc3)cc2=O)n1. The molecule has 2 heterocycles. The van der Waals surface area contributed by atoms with Crippen molar-refractivity contribution in [3.8, 4) is 16.3 Å². The number of pyridine rings is 1. The summed E-state index contributed by atoms with van der Waals surface area (Å²) in [5.74, 6) is 0. The molecule has 0 amide bonds. The molecule has 0 spiro atoms. The van der Waals surface area contributed by atoms with E-state index in [-0.39, 0.29) is 10.7 Å². The molecule has 0 aliphatic carbocycles. The van der Waals surface area contributed by atoms with Crippen molar-refractivity contribution in [2.45, 2.75) is 6.92 Å². The highest BCUT2D eigenvalue weighted by atomic mass is 32.2. The number of carbonyl (C=O) groups excluding carboxylic acids is 1. The first kappa shape index (κ1) is 14.2. The van der Waals surface area contributed by atoms with Gasteiger partial charge in [-0.05, 0) is 24.1 Å². The first-order chi connectivity index (χ1) is 10.6. The molecule has 0 aliphatic heterocycles. The molecule has 5 nitrogen and oxygen atoms in total. The van der Waals surface area contributed by atoms with E-state index in [0.717, 1.165) is 11.1 Å². The predicted molar refractivity (Wildman–Crippen MR) is 83.3 cm³/mol. The quantitative estimate of drug-likeness (QED) is 0.694. The van der Waals surface area contributed by atoms with Crippen molar-refractivity contribution in [3.05, 3.63) is 70.1 Å². The van der Waals surface area contributed by atoms with Crippen molar-refractivity contribution in [2.24, 2.45) is 0 Å². The van der Waals surface area contributed by atoms with Crippen molar-refractivity contribution < 1.29 is 9.90 Å². The highest BCUT2D eigenvalue weighted by molar-refractivity contribution is 7.50. The summed E-state index contributed by atoms with van der Waals surface area (Å²) in [6.07, 6.45) is 1.55. The van der Waals surface area contributed by atoms with Gasteiger partial charge in [0.2, 0.25) is 0 Å². The zero-order valence-corrected chi connectivity index (χ0v) is 12.5. The van der Waals surface area contributed by atoms with Crippen LogP contribution in [0.1, 0.15) is 5.69 Å². The van der Waals surface area contributed by atoms with E-state index in [2.05, 4.69) is 4.98 Å². The molecule has 2 aromatic heterocycles. The lowest BCUT2D eigenvalue weighted by Gasteiger charge is -2.03. The number of benzene rings is 1. The van der Waals surface area contributed by atoms with Gasteiger partial charge in [-0.3, -0.25) is 4.79 Å². The lowest BCUT2D eigenvalue weighted by Crippen LogP contribution is -2.21. The molecular formula is C16H12N2O3S. The largest absolute Gasteiger partial charge is 0.500 e. The molecule has 0 aliphatic rings. The maximum atomic E-state index is 12.3. The Morgan fingerprint density at radius 2 is 1.91 bits per heavy atom. The summed E-state index contributed by atoms with van der Waals surface area (Å²) in [4.78, 5) is 27.7. The summed E-state index contributed by atoms with van der Waals surface area (Å²) in [7, 11) is -1.30. The third-order valence-corrected chi connectivity index (χ3v) is 4.79. The zero-order valence-electron chi connectivity index (χ0n) is 11.7. The fourth-order valence-electron chi connectivity index (χ4n) is 2.18. The molecule has 1 atom stereocenters. The van der Waals surface area contributed by atoms with Gasteiger partial charge in [0.05, 0.1) is 16.2 Å². The summed E-state index contributed by atoms with van der Waals surface area (Å²) in [6, 6.07) is 12.7. The van der Waals surface area contributed by atoms with Crippen LogP contribution in [0.25, 0.3) is 16.3 Å². The molecule has 1 unspecified atom stereocenters. The van der Waals surface area contributed by atoms with Crippen LogP contribution in [0.3, 0.4) is 0 Å². The molecular weight excluding hydrogens is 300 g/mol. The molecule has 0 saturated heterocycles. The Balaban J connectivity index is 2.11. The summed E-state index contributed by atoms with van der Waals surface area (Å²) < 4.78 is 1.26. The highest BCUT2D eigenvalue weighted by Crippen LogP contribution is 2.27. The molecule has 3 rings (SSSR count). The van der Waals surface area contributed by atoms with Crippen LogP contribution in [0.2, 0.25) is 0 Å². The average molecular weight is 312 g/mol. The number of nitrogens with zero attached hydrogens (tertiary/aromatic N) is 2. The van der Waals surface area contributed by atoms with E-state index in [4.69, 9.17) is 0 Å². The lowest BCUT2D eigenvalue weighted by molar-refractivity contribution is -0.233. The van der Waals surface area contributed by atoms with Gasteiger partial charge in [-0.2, -0.15) is 4.98 Å². The molecule has 110 valence electrons. The maximum absolute atomic E-state index is 12.3. The summed E-state index contributed by atoms with van der Waals surface area (Å²) in [5, 5.41) is 11.6. The predicted octanol–water partition coefficient (Wildman–Crippen LogP) is 2.15. The van der Waals surface area contributed by atoms with Gasteiger partial charge in [0.15, 0.2) is 5.38 Å². The maximum Gasteiger partial charge on any atom is 0.360 e. The van der Waals surface area contributed by atoms with Crippen LogP contribution in [0, 0.1) is 6.92 Å². The first-order valence-corrected chi connectivity index (χ1v) is 7.85. The van der Waals surface area contributed by atoms with Gasteiger partial charge in [-0.15, -0.1) is 0 Å². The molecule has 0 radical (unpaired) electrons. The fraction of sp³-hybridized carbons (Fsp3) is 0.0625. The van der Waals surface area contributed by atoms with Crippen LogP contribution in [-0.4, -0.2) is 14.9 Å². The third-order valence-electron chi connectivity index (χ3n) is 3.17. The Labute approximate surface area is 129 Å². The number of carboxylic acid groups (broad SMARTS) is 1. The minimum absolute atomic E-state index is 0.196. The number of hydrogen-bond donors (Lipinski definition) is 0. The topological polar surface area (TPSA) is 75.0 Å². The molecule has 6 heteroatoms. The van der Waals surface area contributed by atoms with Crippen molar-refractivity contribution in [2.75, 3.05) is 0 Å². The van der Waals surface area contributed by atoms with Gasteiger partial charge in [0.1, 0.15) is 0 Å². The third kappa shape index (κ3) is 2.56. The summed E-state index contributed by atoms with van der Waals surface area (Å²) in [6.45, 7) is 1.69. The Morgan fingerprint density at radius 1 is 1.18 bits per heavy atom. The van der Waals surface area contributed by atoms with Crippen molar-refractivity contribution in [1.29, 1.82) is 0 Å². The van der Waals surface area contributed by atoms with Crippen molar-refractivity contribution in [1.82, 2.24) is 9.55 Å². The zero-order chi connectivity index (χ0) is 15.7. The Morgan fingerprint density at radius 3 is 2.55 bits per heavy atom. The number of hydrogen-bond acceptors (Lipinski definition) is 4. The minimum Gasteiger partial charge on any atom is -0.500 e. The second-order valence-electron chi connectivity index (χ2n) is 4.73. The number of aromatic nitrogens is 2. The van der Waals surface area contributed by atoms with E-state index in [0.29, 0.717) is 5.69 Å². The Bertz CT molecular complexity index is 897. The number of rotatable bonds is 3. The van der Waals surface area contributed by atoms with Gasteiger partial charge < -0.3 is 9.90 Å². The smallest absolute Gasteiger partial charge is 0.360 e. The molecule has 0 N–H and O–H groups in total. The van der Waals surface area contributed by atoms with Crippen LogP contribution in [0.5, 0.6) is 0 Å². The van der Waals surface area contributed by atoms with E-state index < -0.39 is 15.8 Å². The van der Waals surface area contributed by atoms with Crippen LogP contribution in [0.15, 0.2) is 58.8 Å². The molecule has 0 saturated carbocycles. The van der Waals surface area contributed by atoms with Gasteiger partial charge >= 0.3 is 10.4 Å². The van der Waals surface area contributed by atoms with Gasteiger partial charge in [0.25, 0.3) is 5.56 Å². The van der Waals surface area contributed by atoms with Gasteiger partial charge in [-0.1, -0.05) is 30.3 Å². The standard InChI is InChI=1S/C16H12N2O3S/c1-11-10-22(16(20)21)15(17-11)18-8-7-13(9-14(18)19)12-5-3-2-4-6-12/h2-10H,1H3. The number of aryl methyl sites for hydroxylation is 1. The van der Waals surface area contributed by atoms with Crippen LogP contribution >= 0.6 is 10.5 Å². The molecule has 22 heavy (non-hydrogen) atoms. The summed E-state index contributed by atoms with van der Waals surface area (Å²) in [5.41, 5.74) is 1.95. The average Bonchev–Trinajstić information content (AvgIpc) is 2.90. The van der Waals surface area contributed by atoms with Crippen LogP contribution in [-0.2, 0) is 0 Å². The van der Waals surface area contributed by atoms with E-state index in [1.807, 2.05) is 30.3 Å². The second-order valence-corrected chi connectivity index (χ2v) is 6.34. The molecule has 1 aromatic carbocycles. The highest BCUT2D eigenvalue weighted by Gasteiger charge is 2.22. The minimum atomic E-state index is -1.30. The molecule has 0 bridgehead atoms. The monoisotopic (exact) mass is 312 g/mol. The van der Waals surface area contributed by atoms with Crippen molar-refractivity contribution >= 4 is 15.8 Å². The van der Waals surface area contributed by atoms with E-state index >= 15 is 0 Å². The van der Waals surface area contributed by atoms with Crippen LogP contribution < -0.4 is 10.7 Å². The van der Waals surface area contributed by atoms with Crippen LogP contribution in [0.4, 0.5) is 4.79 Å². The first-order valence-electron chi connectivity index (χ1n) is 6.56. The van der Waals surface area contributed by atoms with Gasteiger partial charge in [-0.25, -0.2) is 4.57 Å². The summed E-state index contributed by atoms with van der Waals surface area (Å²) >= 11 is 0. The Hall–Kier alpha value is -2.73. The van der Waals surface area contributed by atoms with Gasteiger partial charge in [0, 0.05) is 12.3 Å². The fourth-order valence-corrected chi connectivity index (χ4v) is 3.53.